The van der Waals surface area contributed by atoms with E-state index in [1.807, 2.05) is 5.38 Å². The molecular formula is C16H19NO3S. The predicted octanol–water partition coefficient (Wildman–Crippen LogP) is 3.03. The summed E-state index contributed by atoms with van der Waals surface area (Å²) in [7, 11) is 0. The third kappa shape index (κ3) is 5.21. The van der Waals surface area contributed by atoms with Crippen LogP contribution in [-0.2, 0) is 4.79 Å². The Balaban J connectivity index is 1.75. The monoisotopic (exact) mass is 305 g/mol. The lowest BCUT2D eigenvalue weighted by Gasteiger charge is -2.14. The normalized spacial score (nSPS) is 12.6. The van der Waals surface area contributed by atoms with Crippen molar-refractivity contribution in [3.8, 4) is 0 Å². The first-order valence-electron chi connectivity index (χ1n) is 6.90. The van der Waals surface area contributed by atoms with Crippen molar-refractivity contribution in [3.05, 3.63) is 52.6 Å². The number of aliphatic hydroxyl groups excluding tert-OH is 1. The van der Waals surface area contributed by atoms with Gasteiger partial charge in [-0.25, -0.2) is 0 Å². The Morgan fingerprint density at radius 2 is 2.33 bits per heavy atom. The van der Waals surface area contributed by atoms with Crippen molar-refractivity contribution in [1.82, 2.24) is 5.32 Å². The molecule has 0 aromatic carbocycles. The molecule has 0 saturated heterocycles. The lowest BCUT2D eigenvalue weighted by molar-refractivity contribution is -0.116. The fraction of sp³-hybridized carbons (Fsp3) is 0.312. The molecule has 4 nitrogen and oxygen atoms in total. The maximum atomic E-state index is 11.7. The minimum absolute atomic E-state index is 0.121. The van der Waals surface area contributed by atoms with E-state index in [1.54, 1.807) is 36.0 Å². The van der Waals surface area contributed by atoms with Crippen LogP contribution >= 0.6 is 11.3 Å². The molecule has 0 bridgehead atoms. The van der Waals surface area contributed by atoms with Crippen LogP contribution in [0.25, 0.3) is 6.08 Å². The van der Waals surface area contributed by atoms with Gasteiger partial charge in [0.05, 0.1) is 12.5 Å². The Hall–Kier alpha value is -1.85. The Labute approximate surface area is 128 Å². The predicted molar refractivity (Wildman–Crippen MR) is 84.1 cm³/mol. The smallest absolute Gasteiger partial charge is 0.244 e. The molecule has 1 amide bonds. The largest absolute Gasteiger partial charge is 0.472 e. The van der Waals surface area contributed by atoms with Crippen LogP contribution in [0.1, 0.15) is 29.9 Å². The summed E-state index contributed by atoms with van der Waals surface area (Å²) in [6.45, 7) is 0.754. The van der Waals surface area contributed by atoms with Crippen LogP contribution in [0.3, 0.4) is 0 Å². The molecule has 2 N–H and O–H groups in total. The number of rotatable bonds is 8. The molecule has 2 aromatic heterocycles. The van der Waals surface area contributed by atoms with Gasteiger partial charge in [-0.05, 0) is 53.3 Å². The molecule has 0 radical (unpaired) electrons. The summed E-state index contributed by atoms with van der Waals surface area (Å²) in [5, 5.41) is 16.1. The van der Waals surface area contributed by atoms with Gasteiger partial charge in [0.15, 0.2) is 0 Å². The molecule has 0 unspecified atom stereocenters. The molecule has 0 saturated carbocycles. The van der Waals surface area contributed by atoms with Crippen LogP contribution in [0, 0.1) is 0 Å². The molecule has 0 aliphatic rings. The van der Waals surface area contributed by atoms with Crippen molar-refractivity contribution < 1.29 is 14.3 Å². The molecule has 21 heavy (non-hydrogen) atoms. The molecule has 0 aliphatic carbocycles. The molecular weight excluding hydrogens is 286 g/mol. The second-order valence-electron chi connectivity index (χ2n) is 4.74. The van der Waals surface area contributed by atoms with Crippen molar-refractivity contribution >= 4 is 23.3 Å². The van der Waals surface area contributed by atoms with E-state index in [9.17, 15) is 4.79 Å². The highest BCUT2D eigenvalue weighted by atomic mass is 32.1. The zero-order chi connectivity index (χ0) is 14.9. The maximum absolute atomic E-state index is 11.7. The first-order chi connectivity index (χ1) is 10.3. The molecule has 1 atom stereocenters. The summed E-state index contributed by atoms with van der Waals surface area (Å²) in [4.78, 5) is 11.7. The van der Waals surface area contributed by atoms with Crippen molar-refractivity contribution in [1.29, 1.82) is 0 Å². The van der Waals surface area contributed by atoms with Gasteiger partial charge in [-0.3, -0.25) is 4.79 Å². The van der Waals surface area contributed by atoms with Crippen LogP contribution in [-0.4, -0.2) is 24.2 Å². The highest BCUT2D eigenvalue weighted by Crippen LogP contribution is 2.24. The quantitative estimate of drug-likeness (QED) is 0.737. The second-order valence-corrected chi connectivity index (χ2v) is 5.52. The summed E-state index contributed by atoms with van der Waals surface area (Å²) < 4.78 is 4.92. The molecule has 2 rings (SSSR count). The number of carbonyl (C=O) groups is 1. The first kappa shape index (κ1) is 15.5. The van der Waals surface area contributed by atoms with Crippen molar-refractivity contribution in [2.45, 2.75) is 18.8 Å². The van der Waals surface area contributed by atoms with Crippen LogP contribution in [0.5, 0.6) is 0 Å². The van der Waals surface area contributed by atoms with Gasteiger partial charge in [0.25, 0.3) is 0 Å². The van der Waals surface area contributed by atoms with Crippen LogP contribution in [0.4, 0.5) is 0 Å². The standard InChI is InChI=1S/C16H19NO3S/c18-8-4-14(15-6-10-21-12-15)3-7-17-16(19)2-1-13-5-9-20-11-13/h1-2,5-6,9-12,14,18H,3-4,7-8H2,(H,17,19)/b2-1+/t14-/m0/s1. The average molecular weight is 305 g/mol. The van der Waals surface area contributed by atoms with Crippen LogP contribution in [0.15, 0.2) is 45.9 Å². The highest BCUT2D eigenvalue weighted by Gasteiger charge is 2.11. The third-order valence-electron chi connectivity index (χ3n) is 3.25. The van der Waals surface area contributed by atoms with E-state index < -0.39 is 0 Å². The highest BCUT2D eigenvalue weighted by molar-refractivity contribution is 7.07. The van der Waals surface area contributed by atoms with Gasteiger partial charge < -0.3 is 14.8 Å². The molecule has 2 heterocycles. The lowest BCUT2D eigenvalue weighted by Crippen LogP contribution is -2.23. The molecule has 0 spiro atoms. The van der Waals surface area contributed by atoms with Crippen LogP contribution < -0.4 is 5.32 Å². The van der Waals surface area contributed by atoms with Gasteiger partial charge >= 0.3 is 0 Å². The van der Waals surface area contributed by atoms with Gasteiger partial charge in [0.1, 0.15) is 0 Å². The second kappa shape index (κ2) is 8.44. The van der Waals surface area contributed by atoms with Crippen molar-refractivity contribution in [2.24, 2.45) is 0 Å². The summed E-state index contributed by atoms with van der Waals surface area (Å²) in [6.07, 6.45) is 7.90. The van der Waals surface area contributed by atoms with E-state index in [0.717, 1.165) is 18.4 Å². The number of hydrogen-bond acceptors (Lipinski definition) is 4. The number of nitrogens with one attached hydrogen (secondary N) is 1. The van der Waals surface area contributed by atoms with Gasteiger partial charge in [-0.2, -0.15) is 11.3 Å². The zero-order valence-corrected chi connectivity index (χ0v) is 12.5. The van der Waals surface area contributed by atoms with Crippen molar-refractivity contribution in [3.63, 3.8) is 0 Å². The number of carbonyl (C=O) groups excluding carboxylic acids is 1. The van der Waals surface area contributed by atoms with E-state index in [-0.39, 0.29) is 12.5 Å². The summed E-state index contributed by atoms with van der Waals surface area (Å²) >= 11 is 1.65. The zero-order valence-electron chi connectivity index (χ0n) is 11.7. The number of hydrogen-bond donors (Lipinski definition) is 2. The topological polar surface area (TPSA) is 62.5 Å². The third-order valence-corrected chi connectivity index (χ3v) is 3.96. The Morgan fingerprint density at radius 3 is 3.00 bits per heavy atom. The molecule has 2 aromatic rings. The van der Waals surface area contributed by atoms with Gasteiger partial charge in [0.2, 0.25) is 5.91 Å². The number of amides is 1. The summed E-state index contributed by atoms with van der Waals surface area (Å²) in [5.41, 5.74) is 2.10. The lowest BCUT2D eigenvalue weighted by atomic mass is 9.95. The molecule has 0 aliphatic heterocycles. The maximum Gasteiger partial charge on any atom is 0.244 e. The number of furan rings is 1. The first-order valence-corrected chi connectivity index (χ1v) is 7.85. The summed E-state index contributed by atoms with van der Waals surface area (Å²) in [6, 6.07) is 3.86. The Kier molecular flexibility index (Phi) is 6.24. The number of aliphatic hydroxyl groups is 1. The van der Waals surface area contributed by atoms with Crippen molar-refractivity contribution in [2.75, 3.05) is 13.2 Å². The SMILES string of the molecule is O=C(/C=C/c1ccoc1)NCC[C@@H](CCO)c1ccsc1. The van der Waals surface area contributed by atoms with Gasteiger partial charge in [-0.1, -0.05) is 0 Å². The van der Waals surface area contributed by atoms with Gasteiger partial charge in [-0.15, -0.1) is 0 Å². The average Bonchev–Trinajstić information content (AvgIpc) is 3.17. The van der Waals surface area contributed by atoms with E-state index in [1.165, 1.54) is 11.6 Å². The fourth-order valence-electron chi connectivity index (χ4n) is 2.11. The minimum atomic E-state index is -0.121. The number of thiophene rings is 1. The Bertz CT molecular complexity index is 546. The molecule has 5 heteroatoms. The van der Waals surface area contributed by atoms with E-state index in [2.05, 4.69) is 16.8 Å². The Morgan fingerprint density at radius 1 is 1.43 bits per heavy atom. The molecule has 112 valence electrons. The van der Waals surface area contributed by atoms with E-state index in [4.69, 9.17) is 9.52 Å². The molecule has 0 fully saturated rings. The van der Waals surface area contributed by atoms with E-state index >= 15 is 0 Å². The minimum Gasteiger partial charge on any atom is -0.472 e. The fourth-order valence-corrected chi connectivity index (χ4v) is 2.85. The van der Waals surface area contributed by atoms with Crippen LogP contribution in [0.2, 0.25) is 0 Å². The van der Waals surface area contributed by atoms with Gasteiger partial charge in [0, 0.05) is 24.8 Å². The summed E-state index contributed by atoms with van der Waals surface area (Å²) in [5.74, 6) is 0.170. The van der Waals surface area contributed by atoms with E-state index in [0.29, 0.717) is 12.5 Å².